The van der Waals surface area contributed by atoms with Crippen molar-refractivity contribution in [2.45, 2.75) is 0 Å². The molecule has 0 saturated carbocycles. The van der Waals surface area contributed by atoms with Gasteiger partial charge in [-0.1, -0.05) is 24.8 Å². The van der Waals surface area contributed by atoms with Crippen LogP contribution in [0.25, 0.3) is 16.5 Å². The number of allylic oxidation sites excluding steroid dienone is 1. The summed E-state index contributed by atoms with van der Waals surface area (Å²) in [6, 6.07) is 7.77. The van der Waals surface area contributed by atoms with Crippen LogP contribution in [0.5, 0.6) is 0 Å². The molecule has 1 aromatic heterocycles. The Balaban J connectivity index is 2.71. The maximum absolute atomic E-state index is 10.4. The van der Waals surface area contributed by atoms with Crippen LogP contribution in [0.4, 0.5) is 0 Å². The summed E-state index contributed by atoms with van der Waals surface area (Å²) in [7, 11) is 0. The third-order valence-electron chi connectivity index (χ3n) is 2.04. The molecule has 0 fully saturated rings. The van der Waals surface area contributed by atoms with Crippen molar-refractivity contribution >= 4 is 22.8 Å². The van der Waals surface area contributed by atoms with Crippen molar-refractivity contribution in [1.29, 1.82) is 0 Å². The molecule has 13 heavy (non-hydrogen) atoms. The third-order valence-corrected chi connectivity index (χ3v) is 2.04. The van der Waals surface area contributed by atoms with Crippen LogP contribution in [-0.2, 0) is 4.79 Å². The van der Waals surface area contributed by atoms with Crippen LogP contribution >= 0.6 is 0 Å². The van der Waals surface area contributed by atoms with Crippen molar-refractivity contribution < 1.29 is 4.79 Å². The lowest BCUT2D eigenvalue weighted by atomic mass is 10.1. The molecule has 0 bridgehead atoms. The summed E-state index contributed by atoms with van der Waals surface area (Å²) in [5.41, 5.74) is 2.22. The lowest BCUT2D eigenvalue weighted by molar-refractivity contribution is 0.565. The van der Waals surface area contributed by atoms with E-state index in [0.29, 0.717) is 5.57 Å². The van der Waals surface area contributed by atoms with Crippen molar-refractivity contribution in [2.24, 2.45) is 0 Å². The quantitative estimate of drug-likeness (QED) is 0.689. The standard InChI is InChI=1S/C11H8NO/c1-8(7-13)10-6-12-11-5-3-2-4-9(10)11/h2-6,12H,1H2. The molecule has 0 aliphatic carbocycles. The van der Waals surface area contributed by atoms with E-state index in [0.717, 1.165) is 16.5 Å². The van der Waals surface area contributed by atoms with Gasteiger partial charge in [0.1, 0.15) is 0 Å². The highest BCUT2D eigenvalue weighted by Gasteiger charge is 2.04. The molecule has 63 valence electrons. The van der Waals surface area contributed by atoms with Gasteiger partial charge in [-0.05, 0) is 6.07 Å². The Morgan fingerprint density at radius 1 is 1.38 bits per heavy atom. The minimum atomic E-state index is 0.387. The van der Waals surface area contributed by atoms with Gasteiger partial charge in [0.15, 0.2) is 0 Å². The zero-order chi connectivity index (χ0) is 9.26. The smallest absolute Gasteiger partial charge is 0.233 e. The molecule has 0 amide bonds. The molecule has 2 nitrogen and oxygen atoms in total. The molecule has 0 atom stereocenters. The fourth-order valence-corrected chi connectivity index (χ4v) is 1.38. The van der Waals surface area contributed by atoms with Crippen LogP contribution < -0.4 is 0 Å². The number of aromatic amines is 1. The van der Waals surface area contributed by atoms with Gasteiger partial charge in [0, 0.05) is 28.2 Å². The monoisotopic (exact) mass is 170 g/mol. The molecule has 2 aromatic rings. The zero-order valence-electron chi connectivity index (χ0n) is 7.00. The second-order valence-electron chi connectivity index (χ2n) is 2.83. The average molecular weight is 170 g/mol. The van der Waals surface area contributed by atoms with E-state index >= 15 is 0 Å². The topological polar surface area (TPSA) is 32.9 Å². The lowest BCUT2D eigenvalue weighted by Gasteiger charge is -1.92. The Morgan fingerprint density at radius 3 is 2.92 bits per heavy atom. The predicted molar refractivity (Wildman–Crippen MR) is 53.0 cm³/mol. The summed E-state index contributed by atoms with van der Waals surface area (Å²) in [5, 5.41) is 1.01. The minimum absolute atomic E-state index is 0.387. The van der Waals surface area contributed by atoms with Crippen LogP contribution in [0, 0.1) is 0 Å². The molecule has 2 rings (SSSR count). The van der Waals surface area contributed by atoms with Gasteiger partial charge in [-0.25, -0.2) is 0 Å². The molecule has 0 saturated heterocycles. The molecule has 1 heterocycles. The van der Waals surface area contributed by atoms with Gasteiger partial charge in [-0.15, -0.1) is 0 Å². The van der Waals surface area contributed by atoms with Gasteiger partial charge < -0.3 is 4.98 Å². The third kappa shape index (κ3) is 1.16. The number of aromatic nitrogens is 1. The van der Waals surface area contributed by atoms with Crippen LogP contribution in [0.2, 0.25) is 0 Å². The number of H-pyrrole nitrogens is 1. The first-order chi connectivity index (χ1) is 6.33. The molecular formula is C11H8NO. The number of benzene rings is 1. The van der Waals surface area contributed by atoms with E-state index in [1.807, 2.05) is 24.3 Å². The Hall–Kier alpha value is -1.83. The van der Waals surface area contributed by atoms with Crippen LogP contribution in [0.15, 0.2) is 37.0 Å². The first-order valence-electron chi connectivity index (χ1n) is 3.96. The van der Waals surface area contributed by atoms with Crippen molar-refractivity contribution in [3.05, 3.63) is 42.6 Å². The highest BCUT2D eigenvalue weighted by molar-refractivity contribution is 6.11. The maximum atomic E-state index is 10.4. The molecule has 1 N–H and O–H groups in total. The molecule has 0 spiro atoms. The number of carbonyl (C=O) groups excluding carboxylic acids is 1. The van der Waals surface area contributed by atoms with E-state index in [1.165, 1.54) is 0 Å². The van der Waals surface area contributed by atoms with Crippen molar-refractivity contribution in [1.82, 2.24) is 4.98 Å². The van der Waals surface area contributed by atoms with E-state index in [2.05, 4.69) is 11.6 Å². The second kappa shape index (κ2) is 2.90. The number of hydrogen-bond acceptors (Lipinski definition) is 1. The van der Waals surface area contributed by atoms with E-state index < -0.39 is 0 Å². The molecule has 0 unspecified atom stereocenters. The van der Waals surface area contributed by atoms with Gasteiger partial charge in [0.05, 0.1) is 0 Å². The van der Waals surface area contributed by atoms with Crippen molar-refractivity contribution in [2.75, 3.05) is 0 Å². The van der Waals surface area contributed by atoms with E-state index in [4.69, 9.17) is 0 Å². The number of rotatable bonds is 2. The SMILES string of the molecule is C=C([C]=O)c1c[nH]c2ccccc12. The number of fused-ring (bicyclic) bond motifs is 1. The summed E-state index contributed by atoms with van der Waals surface area (Å²) in [6.07, 6.45) is 3.57. The Morgan fingerprint density at radius 2 is 2.15 bits per heavy atom. The van der Waals surface area contributed by atoms with E-state index in [-0.39, 0.29) is 0 Å². The van der Waals surface area contributed by atoms with Crippen LogP contribution in [0.1, 0.15) is 5.56 Å². The number of nitrogens with one attached hydrogen (secondary N) is 1. The Kier molecular flexibility index (Phi) is 1.74. The van der Waals surface area contributed by atoms with Gasteiger partial charge >= 0.3 is 0 Å². The lowest BCUT2D eigenvalue weighted by Crippen LogP contribution is -1.79. The maximum Gasteiger partial charge on any atom is 0.233 e. The fourth-order valence-electron chi connectivity index (χ4n) is 1.38. The average Bonchev–Trinajstić information content (AvgIpc) is 2.60. The van der Waals surface area contributed by atoms with E-state index in [1.54, 1.807) is 12.5 Å². The van der Waals surface area contributed by atoms with Gasteiger partial charge in [-0.3, -0.25) is 4.79 Å². The highest BCUT2D eigenvalue weighted by Crippen LogP contribution is 2.22. The summed E-state index contributed by atoms with van der Waals surface area (Å²) < 4.78 is 0. The van der Waals surface area contributed by atoms with Crippen LogP contribution in [-0.4, -0.2) is 11.3 Å². The van der Waals surface area contributed by atoms with Gasteiger partial charge in [-0.2, -0.15) is 0 Å². The minimum Gasteiger partial charge on any atom is -0.361 e. The largest absolute Gasteiger partial charge is 0.361 e. The van der Waals surface area contributed by atoms with Crippen molar-refractivity contribution in [3.8, 4) is 0 Å². The molecule has 0 aliphatic heterocycles. The molecule has 0 aliphatic rings. The Bertz CT molecular complexity index is 468. The summed E-state index contributed by atoms with van der Waals surface area (Å²) >= 11 is 0. The zero-order valence-corrected chi connectivity index (χ0v) is 7.00. The summed E-state index contributed by atoms with van der Waals surface area (Å²) in [6.45, 7) is 3.62. The first-order valence-corrected chi connectivity index (χ1v) is 3.96. The highest BCUT2D eigenvalue weighted by atomic mass is 16.1. The normalized spacial score (nSPS) is 10.2. The number of para-hydroxylation sites is 1. The molecule has 1 radical (unpaired) electrons. The van der Waals surface area contributed by atoms with Gasteiger partial charge in [0.25, 0.3) is 0 Å². The second-order valence-corrected chi connectivity index (χ2v) is 2.83. The van der Waals surface area contributed by atoms with E-state index in [9.17, 15) is 4.79 Å². The molecule has 2 heteroatoms. The van der Waals surface area contributed by atoms with Crippen molar-refractivity contribution in [3.63, 3.8) is 0 Å². The Labute approximate surface area is 75.9 Å². The summed E-state index contributed by atoms with van der Waals surface area (Å²) in [4.78, 5) is 13.5. The first kappa shape index (κ1) is 7.80. The fraction of sp³-hybridized carbons (Fsp3) is 0. The molecule has 1 aromatic carbocycles. The summed E-state index contributed by atoms with van der Waals surface area (Å²) in [5.74, 6) is 0. The number of hydrogen-bond donors (Lipinski definition) is 1. The predicted octanol–water partition coefficient (Wildman–Crippen LogP) is 2.29. The molecular weight excluding hydrogens is 162 g/mol. The van der Waals surface area contributed by atoms with Gasteiger partial charge in [0.2, 0.25) is 6.29 Å². The van der Waals surface area contributed by atoms with Crippen LogP contribution in [0.3, 0.4) is 0 Å².